The lowest BCUT2D eigenvalue weighted by Gasteiger charge is -2.22. The zero-order chi connectivity index (χ0) is 11.4. The molecule has 1 fully saturated rings. The lowest BCUT2D eigenvalue weighted by Crippen LogP contribution is -2.30. The molecular weight excluding hydrogens is 198 g/mol. The highest BCUT2D eigenvalue weighted by Crippen LogP contribution is 2.16. The highest BCUT2D eigenvalue weighted by Gasteiger charge is 2.13. The molecule has 0 aliphatic carbocycles. The van der Waals surface area contributed by atoms with Crippen LogP contribution >= 0.6 is 0 Å². The largest absolute Gasteiger partial charge is 0.316 e. The average Bonchev–Trinajstić information content (AvgIpc) is 2.31. The molecule has 3 heteroatoms. The number of piperidine rings is 1. The van der Waals surface area contributed by atoms with E-state index in [0.29, 0.717) is 5.92 Å². The minimum Gasteiger partial charge on any atom is -0.316 e. The molecule has 16 heavy (non-hydrogen) atoms. The molecule has 0 bridgehead atoms. The standard InChI is InChI=1S/C13H21N3/c1-10(2)13-15-8-12(9-16-13)6-11-4-3-5-14-7-11/h8-11,14H,3-7H2,1-2H3. The molecule has 0 spiro atoms. The van der Waals surface area contributed by atoms with Crippen LogP contribution in [0, 0.1) is 5.92 Å². The van der Waals surface area contributed by atoms with Crippen LogP contribution in [0.1, 0.15) is 44.0 Å². The van der Waals surface area contributed by atoms with Crippen molar-refractivity contribution in [1.29, 1.82) is 0 Å². The van der Waals surface area contributed by atoms with Crippen molar-refractivity contribution in [3.63, 3.8) is 0 Å². The topological polar surface area (TPSA) is 37.8 Å². The van der Waals surface area contributed by atoms with Crippen LogP contribution in [0.3, 0.4) is 0 Å². The van der Waals surface area contributed by atoms with E-state index in [1.807, 2.05) is 12.4 Å². The molecular formula is C13H21N3. The van der Waals surface area contributed by atoms with E-state index in [1.165, 1.54) is 24.9 Å². The molecule has 88 valence electrons. The normalized spacial score (nSPS) is 21.3. The molecule has 2 heterocycles. The molecule has 1 aliphatic rings. The Hall–Kier alpha value is -0.960. The van der Waals surface area contributed by atoms with Crippen LogP contribution in [0.15, 0.2) is 12.4 Å². The molecule has 2 rings (SSSR count). The van der Waals surface area contributed by atoms with Gasteiger partial charge in [-0.15, -0.1) is 0 Å². The van der Waals surface area contributed by atoms with Crippen molar-refractivity contribution in [3.05, 3.63) is 23.8 Å². The van der Waals surface area contributed by atoms with Crippen molar-refractivity contribution in [3.8, 4) is 0 Å². The van der Waals surface area contributed by atoms with Gasteiger partial charge in [-0.1, -0.05) is 13.8 Å². The summed E-state index contributed by atoms with van der Waals surface area (Å²) in [6.07, 6.45) is 7.74. The highest BCUT2D eigenvalue weighted by molar-refractivity contribution is 5.08. The van der Waals surface area contributed by atoms with Crippen molar-refractivity contribution in [2.24, 2.45) is 5.92 Å². The lowest BCUT2D eigenvalue weighted by atomic mass is 9.93. The van der Waals surface area contributed by atoms with Crippen LogP contribution < -0.4 is 5.32 Å². The zero-order valence-electron chi connectivity index (χ0n) is 10.2. The summed E-state index contributed by atoms with van der Waals surface area (Å²) in [6.45, 7) is 6.57. The van der Waals surface area contributed by atoms with Crippen LogP contribution in [0.2, 0.25) is 0 Å². The van der Waals surface area contributed by atoms with Crippen molar-refractivity contribution in [2.75, 3.05) is 13.1 Å². The summed E-state index contributed by atoms with van der Waals surface area (Å²) in [4.78, 5) is 8.82. The second kappa shape index (κ2) is 5.39. The summed E-state index contributed by atoms with van der Waals surface area (Å²) in [5.41, 5.74) is 1.28. The third-order valence-corrected chi connectivity index (χ3v) is 3.16. The molecule has 1 aliphatic heterocycles. The Labute approximate surface area is 97.7 Å². The molecule has 0 saturated carbocycles. The molecule has 1 aromatic heterocycles. The summed E-state index contributed by atoms with van der Waals surface area (Å²) in [6, 6.07) is 0. The Kier molecular flexibility index (Phi) is 3.88. The first-order valence-corrected chi connectivity index (χ1v) is 6.27. The van der Waals surface area contributed by atoms with Gasteiger partial charge in [0.25, 0.3) is 0 Å². The van der Waals surface area contributed by atoms with Crippen LogP contribution in [-0.2, 0) is 6.42 Å². The number of aromatic nitrogens is 2. The van der Waals surface area contributed by atoms with E-state index in [1.54, 1.807) is 0 Å². The second-order valence-electron chi connectivity index (χ2n) is 5.02. The smallest absolute Gasteiger partial charge is 0.130 e. The second-order valence-corrected chi connectivity index (χ2v) is 5.02. The quantitative estimate of drug-likeness (QED) is 0.846. The monoisotopic (exact) mass is 219 g/mol. The molecule has 1 N–H and O–H groups in total. The molecule has 1 saturated heterocycles. The van der Waals surface area contributed by atoms with Gasteiger partial charge in [0.15, 0.2) is 0 Å². The van der Waals surface area contributed by atoms with Gasteiger partial charge in [0.05, 0.1) is 0 Å². The van der Waals surface area contributed by atoms with Gasteiger partial charge in [0.1, 0.15) is 5.82 Å². The van der Waals surface area contributed by atoms with Gasteiger partial charge >= 0.3 is 0 Å². The average molecular weight is 219 g/mol. The molecule has 0 aromatic carbocycles. The van der Waals surface area contributed by atoms with Crippen molar-refractivity contribution < 1.29 is 0 Å². The fourth-order valence-electron chi connectivity index (χ4n) is 2.20. The fraction of sp³-hybridized carbons (Fsp3) is 0.692. The summed E-state index contributed by atoms with van der Waals surface area (Å²) >= 11 is 0. The van der Waals surface area contributed by atoms with E-state index in [0.717, 1.165) is 24.7 Å². The molecule has 1 aromatic rings. The Morgan fingerprint density at radius 1 is 1.38 bits per heavy atom. The van der Waals surface area contributed by atoms with Crippen molar-refractivity contribution in [2.45, 2.75) is 39.0 Å². The van der Waals surface area contributed by atoms with Crippen LogP contribution in [-0.4, -0.2) is 23.1 Å². The number of hydrogen-bond acceptors (Lipinski definition) is 3. The van der Waals surface area contributed by atoms with E-state index >= 15 is 0 Å². The third kappa shape index (κ3) is 3.01. The number of nitrogens with zero attached hydrogens (tertiary/aromatic N) is 2. The summed E-state index contributed by atoms with van der Waals surface area (Å²) in [5, 5.41) is 3.44. The van der Waals surface area contributed by atoms with Gasteiger partial charge in [-0.3, -0.25) is 0 Å². The molecule has 3 nitrogen and oxygen atoms in total. The Balaban J connectivity index is 1.93. The van der Waals surface area contributed by atoms with E-state index in [2.05, 4.69) is 29.1 Å². The third-order valence-electron chi connectivity index (χ3n) is 3.16. The van der Waals surface area contributed by atoms with E-state index in [9.17, 15) is 0 Å². The number of nitrogens with one attached hydrogen (secondary N) is 1. The van der Waals surface area contributed by atoms with Gasteiger partial charge in [0, 0.05) is 18.3 Å². The number of hydrogen-bond donors (Lipinski definition) is 1. The van der Waals surface area contributed by atoms with E-state index in [4.69, 9.17) is 0 Å². The maximum atomic E-state index is 4.41. The highest BCUT2D eigenvalue weighted by atomic mass is 14.9. The molecule has 1 unspecified atom stereocenters. The van der Waals surface area contributed by atoms with Crippen LogP contribution in [0.25, 0.3) is 0 Å². The summed E-state index contributed by atoms with van der Waals surface area (Å²) < 4.78 is 0. The fourth-order valence-corrected chi connectivity index (χ4v) is 2.20. The maximum absolute atomic E-state index is 4.41. The molecule has 1 atom stereocenters. The summed E-state index contributed by atoms with van der Waals surface area (Å²) in [7, 11) is 0. The predicted octanol–water partition coefficient (Wildman–Crippen LogP) is 2.14. The first-order valence-electron chi connectivity index (χ1n) is 6.27. The first kappa shape index (κ1) is 11.5. The Bertz CT molecular complexity index is 312. The van der Waals surface area contributed by atoms with E-state index in [-0.39, 0.29) is 0 Å². The van der Waals surface area contributed by atoms with Gasteiger partial charge in [-0.25, -0.2) is 9.97 Å². The van der Waals surface area contributed by atoms with Gasteiger partial charge in [-0.05, 0) is 43.8 Å². The van der Waals surface area contributed by atoms with Crippen molar-refractivity contribution in [1.82, 2.24) is 15.3 Å². The van der Waals surface area contributed by atoms with Crippen molar-refractivity contribution >= 4 is 0 Å². The minimum atomic E-state index is 0.422. The van der Waals surface area contributed by atoms with E-state index < -0.39 is 0 Å². The molecule has 0 amide bonds. The number of rotatable bonds is 3. The maximum Gasteiger partial charge on any atom is 0.130 e. The Morgan fingerprint density at radius 3 is 2.69 bits per heavy atom. The Morgan fingerprint density at radius 2 is 2.12 bits per heavy atom. The van der Waals surface area contributed by atoms with Gasteiger partial charge in [0.2, 0.25) is 0 Å². The predicted molar refractivity (Wildman–Crippen MR) is 65.4 cm³/mol. The van der Waals surface area contributed by atoms with Gasteiger partial charge in [-0.2, -0.15) is 0 Å². The van der Waals surface area contributed by atoms with Crippen LogP contribution in [0.5, 0.6) is 0 Å². The SMILES string of the molecule is CC(C)c1ncc(CC2CCCNC2)cn1. The summed E-state index contributed by atoms with van der Waals surface area (Å²) in [5.74, 6) is 2.14. The van der Waals surface area contributed by atoms with Crippen LogP contribution in [0.4, 0.5) is 0 Å². The lowest BCUT2D eigenvalue weighted by molar-refractivity contribution is 0.375. The first-order chi connectivity index (χ1) is 7.75. The zero-order valence-corrected chi connectivity index (χ0v) is 10.2. The minimum absolute atomic E-state index is 0.422. The molecule has 0 radical (unpaired) electrons. The van der Waals surface area contributed by atoms with Gasteiger partial charge < -0.3 is 5.32 Å².